The van der Waals surface area contributed by atoms with Crippen molar-refractivity contribution in [2.45, 2.75) is 46.1 Å². The summed E-state index contributed by atoms with van der Waals surface area (Å²) in [6.45, 7) is 11.0. The summed E-state index contributed by atoms with van der Waals surface area (Å²) >= 11 is 6.24. The Balaban J connectivity index is 1.80. The van der Waals surface area contributed by atoms with Crippen molar-refractivity contribution in [3.8, 4) is 0 Å². The minimum Gasteiger partial charge on any atom is -0.354 e. The largest absolute Gasteiger partial charge is 0.354 e. The van der Waals surface area contributed by atoms with Gasteiger partial charge in [-0.15, -0.1) is 10.2 Å². The van der Waals surface area contributed by atoms with E-state index in [1.165, 1.54) is 0 Å². The Labute approximate surface area is 163 Å². The van der Waals surface area contributed by atoms with Crippen LogP contribution in [0.1, 0.15) is 45.6 Å². The number of nitrogens with zero attached hydrogens (tertiary/aromatic N) is 7. The fraction of sp³-hybridized carbons (Fsp3) is 0.526. The predicted molar refractivity (Wildman–Crippen MR) is 106 cm³/mol. The molecule has 27 heavy (non-hydrogen) atoms. The van der Waals surface area contributed by atoms with E-state index in [9.17, 15) is 0 Å². The first-order chi connectivity index (χ1) is 12.8. The average molecular weight is 386 g/mol. The molecule has 142 valence electrons. The molecule has 1 aliphatic rings. The zero-order valence-corrected chi connectivity index (χ0v) is 16.9. The van der Waals surface area contributed by atoms with Crippen LogP contribution in [0.5, 0.6) is 0 Å². The van der Waals surface area contributed by atoms with E-state index in [0.717, 1.165) is 42.4 Å². The molecule has 4 rings (SSSR count). The van der Waals surface area contributed by atoms with E-state index in [1.54, 1.807) is 11.0 Å². The Bertz CT molecular complexity index is 976. The van der Waals surface area contributed by atoms with Crippen molar-refractivity contribution in [2.24, 2.45) is 5.92 Å². The summed E-state index contributed by atoms with van der Waals surface area (Å²) in [6.07, 6.45) is 2.88. The van der Waals surface area contributed by atoms with E-state index in [0.29, 0.717) is 23.1 Å². The molecule has 0 spiro atoms. The van der Waals surface area contributed by atoms with E-state index in [2.05, 4.69) is 47.8 Å². The fourth-order valence-electron chi connectivity index (χ4n) is 3.26. The molecule has 3 aromatic rings. The Kier molecular flexibility index (Phi) is 4.50. The minimum atomic E-state index is -0.164. The van der Waals surface area contributed by atoms with Crippen LogP contribution in [-0.4, -0.2) is 43.0 Å². The number of halogens is 1. The maximum atomic E-state index is 6.24. The van der Waals surface area contributed by atoms with Crippen molar-refractivity contribution in [1.82, 2.24) is 29.9 Å². The van der Waals surface area contributed by atoms with Crippen molar-refractivity contribution in [3.05, 3.63) is 34.9 Å². The number of hydrogen-bond acceptors (Lipinski definition) is 6. The molecule has 1 atom stereocenters. The van der Waals surface area contributed by atoms with Crippen molar-refractivity contribution in [2.75, 3.05) is 18.0 Å². The van der Waals surface area contributed by atoms with Crippen LogP contribution in [0.15, 0.2) is 18.3 Å². The monoisotopic (exact) mass is 385 g/mol. The molecule has 0 N–H and O–H groups in total. The molecule has 7 nitrogen and oxygen atoms in total. The third kappa shape index (κ3) is 3.60. The summed E-state index contributed by atoms with van der Waals surface area (Å²) in [7, 11) is 0. The maximum absolute atomic E-state index is 6.24. The molecule has 1 saturated heterocycles. The second-order valence-corrected chi connectivity index (χ2v) is 8.70. The first-order valence-corrected chi connectivity index (χ1v) is 9.67. The lowest BCUT2D eigenvalue weighted by atomic mass is 9.96. The lowest BCUT2D eigenvalue weighted by molar-refractivity contribution is 0.546. The van der Waals surface area contributed by atoms with E-state index in [4.69, 9.17) is 21.6 Å². The van der Waals surface area contributed by atoms with Crippen molar-refractivity contribution < 1.29 is 0 Å². The maximum Gasteiger partial charge on any atom is 0.207 e. The molecule has 0 bridgehead atoms. The van der Waals surface area contributed by atoms with Gasteiger partial charge >= 0.3 is 0 Å². The highest BCUT2D eigenvalue weighted by molar-refractivity contribution is 6.31. The highest BCUT2D eigenvalue weighted by Gasteiger charge is 2.27. The molecule has 0 radical (unpaired) electrons. The molecule has 4 heterocycles. The molecule has 0 amide bonds. The highest BCUT2D eigenvalue weighted by Crippen LogP contribution is 2.30. The van der Waals surface area contributed by atoms with Crippen molar-refractivity contribution >= 4 is 28.6 Å². The Hall–Kier alpha value is -2.28. The van der Waals surface area contributed by atoms with Crippen LogP contribution in [0, 0.1) is 5.92 Å². The summed E-state index contributed by atoms with van der Waals surface area (Å²) in [6, 6.07) is 3.63. The standard InChI is InChI=1S/C19H24ClN7/c1-12-7-9-26(10-12)17-15-16(22-18(23-17)19(2,3)4)25-27(24-15)11-14-13(20)6-5-8-21-14/h5-6,8,12H,7,9-11H2,1-4H3. The summed E-state index contributed by atoms with van der Waals surface area (Å²) in [5, 5.41) is 9.89. The fourth-order valence-corrected chi connectivity index (χ4v) is 3.44. The van der Waals surface area contributed by atoms with Crippen molar-refractivity contribution in [3.63, 3.8) is 0 Å². The lowest BCUT2D eigenvalue weighted by Gasteiger charge is -2.21. The van der Waals surface area contributed by atoms with E-state index < -0.39 is 0 Å². The van der Waals surface area contributed by atoms with Crippen LogP contribution in [0.3, 0.4) is 0 Å². The van der Waals surface area contributed by atoms with Crippen LogP contribution in [0.4, 0.5) is 5.82 Å². The second kappa shape index (κ2) is 6.71. The van der Waals surface area contributed by atoms with Gasteiger partial charge in [-0.2, -0.15) is 4.80 Å². The van der Waals surface area contributed by atoms with E-state index >= 15 is 0 Å². The van der Waals surface area contributed by atoms with Gasteiger partial charge in [0.15, 0.2) is 11.3 Å². The second-order valence-electron chi connectivity index (χ2n) is 8.30. The zero-order chi connectivity index (χ0) is 19.2. The molecule has 1 fully saturated rings. The smallest absolute Gasteiger partial charge is 0.207 e. The minimum absolute atomic E-state index is 0.164. The number of hydrogen-bond donors (Lipinski definition) is 0. The molecule has 1 unspecified atom stereocenters. The van der Waals surface area contributed by atoms with Crippen LogP contribution in [0.2, 0.25) is 5.02 Å². The van der Waals surface area contributed by atoms with Gasteiger partial charge < -0.3 is 4.90 Å². The highest BCUT2D eigenvalue weighted by atomic mass is 35.5. The van der Waals surface area contributed by atoms with Crippen LogP contribution in [-0.2, 0) is 12.0 Å². The number of fused-ring (bicyclic) bond motifs is 1. The number of pyridine rings is 1. The van der Waals surface area contributed by atoms with Crippen LogP contribution < -0.4 is 4.90 Å². The first-order valence-electron chi connectivity index (χ1n) is 9.29. The average Bonchev–Trinajstić information content (AvgIpc) is 3.21. The third-order valence-corrected chi connectivity index (χ3v) is 5.14. The van der Waals surface area contributed by atoms with Gasteiger partial charge in [-0.1, -0.05) is 39.3 Å². The zero-order valence-electron chi connectivity index (χ0n) is 16.1. The summed E-state index contributed by atoms with van der Waals surface area (Å²) < 4.78 is 0. The molecular formula is C19H24ClN7. The Morgan fingerprint density at radius 1 is 1.22 bits per heavy atom. The van der Waals surface area contributed by atoms with Gasteiger partial charge in [0.2, 0.25) is 5.65 Å². The van der Waals surface area contributed by atoms with E-state index in [1.807, 2.05) is 12.1 Å². The van der Waals surface area contributed by atoms with Gasteiger partial charge in [0.25, 0.3) is 0 Å². The number of anilines is 1. The molecule has 1 aliphatic heterocycles. The SMILES string of the molecule is CC1CCN(c2nc(C(C)(C)C)nc3nn(Cc4ncccc4Cl)nc23)C1. The van der Waals surface area contributed by atoms with E-state index in [-0.39, 0.29) is 5.41 Å². The van der Waals surface area contributed by atoms with Crippen LogP contribution >= 0.6 is 11.6 Å². The van der Waals surface area contributed by atoms with Crippen molar-refractivity contribution in [1.29, 1.82) is 0 Å². The topological polar surface area (TPSA) is 72.6 Å². The van der Waals surface area contributed by atoms with Gasteiger partial charge in [-0.3, -0.25) is 4.98 Å². The summed E-state index contributed by atoms with van der Waals surface area (Å²) in [5.74, 6) is 2.32. The van der Waals surface area contributed by atoms with Gasteiger partial charge in [-0.05, 0) is 24.5 Å². The van der Waals surface area contributed by atoms with Gasteiger partial charge in [-0.25, -0.2) is 9.97 Å². The quantitative estimate of drug-likeness (QED) is 0.687. The third-order valence-electron chi connectivity index (χ3n) is 4.79. The normalized spacial score (nSPS) is 17.8. The molecular weight excluding hydrogens is 362 g/mol. The molecule has 8 heteroatoms. The summed E-state index contributed by atoms with van der Waals surface area (Å²) in [5.41, 5.74) is 1.93. The van der Waals surface area contributed by atoms with Gasteiger partial charge in [0.1, 0.15) is 12.4 Å². The molecule has 0 aromatic carbocycles. The predicted octanol–water partition coefficient (Wildman–Crippen LogP) is 3.46. The molecule has 3 aromatic heterocycles. The number of rotatable bonds is 3. The van der Waals surface area contributed by atoms with Gasteiger partial charge in [0.05, 0.1) is 10.7 Å². The van der Waals surface area contributed by atoms with Crippen LogP contribution in [0.25, 0.3) is 11.2 Å². The number of aromatic nitrogens is 6. The Morgan fingerprint density at radius 2 is 2.04 bits per heavy atom. The molecule has 0 saturated carbocycles. The van der Waals surface area contributed by atoms with Gasteiger partial charge in [0, 0.05) is 24.7 Å². The first kappa shape index (κ1) is 18.1. The molecule has 0 aliphatic carbocycles. The summed E-state index contributed by atoms with van der Waals surface area (Å²) in [4.78, 5) is 17.8. The lowest BCUT2D eigenvalue weighted by Crippen LogP contribution is -2.24. The Morgan fingerprint density at radius 3 is 2.70 bits per heavy atom.